The summed E-state index contributed by atoms with van der Waals surface area (Å²) in [6.45, 7) is 2.37. The minimum absolute atomic E-state index is 0.0138. The highest BCUT2D eigenvalue weighted by atomic mass is 35.5. The molecule has 1 unspecified atom stereocenters. The largest absolute Gasteiger partial charge is 0.465 e. The predicted molar refractivity (Wildman–Crippen MR) is 75.4 cm³/mol. The van der Waals surface area contributed by atoms with Gasteiger partial charge in [0, 0.05) is 18.3 Å². The van der Waals surface area contributed by atoms with E-state index in [-0.39, 0.29) is 31.2 Å². The maximum atomic E-state index is 11.7. The summed E-state index contributed by atoms with van der Waals surface area (Å²) in [6.07, 6.45) is 3.46. The molecule has 2 atom stereocenters. The minimum atomic E-state index is -0.264. The number of carbonyl (C=O) groups is 1. The van der Waals surface area contributed by atoms with Crippen LogP contribution in [0.5, 0.6) is 0 Å². The van der Waals surface area contributed by atoms with Gasteiger partial charge in [-0.3, -0.25) is 9.69 Å². The van der Waals surface area contributed by atoms with Crippen molar-refractivity contribution in [2.45, 2.75) is 31.8 Å². The summed E-state index contributed by atoms with van der Waals surface area (Å²) >= 11 is 5.80. The van der Waals surface area contributed by atoms with E-state index < -0.39 is 0 Å². The summed E-state index contributed by atoms with van der Waals surface area (Å²) in [6, 6.07) is 3.71. The zero-order chi connectivity index (χ0) is 14.5. The molecule has 1 saturated heterocycles. The van der Waals surface area contributed by atoms with Gasteiger partial charge >= 0.3 is 5.97 Å². The fourth-order valence-electron chi connectivity index (χ4n) is 2.67. The van der Waals surface area contributed by atoms with Crippen molar-refractivity contribution in [3.63, 3.8) is 0 Å². The SMILES string of the molecule is CCOC(=O)CN1C(c2ccc(Cl)nc2)CC[C@H]1CO. The van der Waals surface area contributed by atoms with Crippen LogP contribution in [-0.4, -0.2) is 46.8 Å². The molecule has 1 fully saturated rings. The quantitative estimate of drug-likeness (QED) is 0.663. The average Bonchev–Trinajstić information content (AvgIpc) is 2.82. The van der Waals surface area contributed by atoms with Crippen LogP contribution in [0.3, 0.4) is 0 Å². The second kappa shape index (κ2) is 7.02. The van der Waals surface area contributed by atoms with Gasteiger partial charge in [-0.2, -0.15) is 0 Å². The lowest BCUT2D eigenvalue weighted by Crippen LogP contribution is -2.38. The molecule has 0 amide bonds. The van der Waals surface area contributed by atoms with Gasteiger partial charge in [0.1, 0.15) is 5.15 Å². The van der Waals surface area contributed by atoms with Gasteiger partial charge in [0.15, 0.2) is 0 Å². The molecule has 1 aromatic heterocycles. The molecule has 0 spiro atoms. The van der Waals surface area contributed by atoms with Crippen LogP contribution in [0.4, 0.5) is 0 Å². The van der Waals surface area contributed by atoms with Crippen LogP contribution >= 0.6 is 11.6 Å². The molecule has 1 aromatic rings. The summed E-state index contributed by atoms with van der Waals surface area (Å²) in [4.78, 5) is 17.8. The van der Waals surface area contributed by atoms with Gasteiger partial charge in [0.2, 0.25) is 0 Å². The predicted octanol–water partition coefficient (Wildman–Crippen LogP) is 1.80. The van der Waals surface area contributed by atoms with Crippen molar-refractivity contribution in [1.29, 1.82) is 0 Å². The number of esters is 1. The van der Waals surface area contributed by atoms with E-state index in [1.807, 2.05) is 11.0 Å². The maximum Gasteiger partial charge on any atom is 0.320 e. The molecule has 0 aromatic carbocycles. The Kier molecular flexibility index (Phi) is 5.34. The van der Waals surface area contributed by atoms with Crippen molar-refractivity contribution in [3.05, 3.63) is 29.0 Å². The highest BCUT2D eigenvalue weighted by molar-refractivity contribution is 6.29. The van der Waals surface area contributed by atoms with Crippen molar-refractivity contribution in [1.82, 2.24) is 9.88 Å². The summed E-state index contributed by atoms with van der Waals surface area (Å²) in [5, 5.41) is 9.90. The third kappa shape index (κ3) is 3.48. The maximum absolute atomic E-state index is 11.7. The summed E-state index contributed by atoms with van der Waals surface area (Å²) < 4.78 is 5.00. The standard InChI is InChI=1S/C14H19ClN2O3/c1-2-20-14(19)8-17-11(9-18)4-5-12(17)10-3-6-13(15)16-7-10/h3,6-7,11-12,18H,2,4-5,8-9H2,1H3/t11-,12?/m0/s1. The molecule has 5 nitrogen and oxygen atoms in total. The second-order valence-electron chi connectivity index (χ2n) is 4.82. The Hall–Kier alpha value is -1.17. The molecule has 6 heteroatoms. The van der Waals surface area contributed by atoms with Crippen LogP contribution in [-0.2, 0) is 9.53 Å². The number of carbonyl (C=O) groups excluding carboxylic acids is 1. The molecule has 1 aliphatic heterocycles. The molecule has 0 aliphatic carbocycles. The number of aromatic nitrogens is 1. The zero-order valence-electron chi connectivity index (χ0n) is 11.5. The summed E-state index contributed by atoms with van der Waals surface area (Å²) in [7, 11) is 0. The fraction of sp³-hybridized carbons (Fsp3) is 0.571. The Morgan fingerprint density at radius 3 is 2.95 bits per heavy atom. The van der Waals surface area contributed by atoms with Crippen LogP contribution in [0.2, 0.25) is 5.15 Å². The van der Waals surface area contributed by atoms with E-state index in [0.29, 0.717) is 11.8 Å². The van der Waals surface area contributed by atoms with E-state index in [9.17, 15) is 9.90 Å². The number of rotatable bonds is 5. The van der Waals surface area contributed by atoms with Gasteiger partial charge in [0.25, 0.3) is 0 Å². The Morgan fingerprint density at radius 1 is 1.55 bits per heavy atom. The van der Waals surface area contributed by atoms with Crippen molar-refractivity contribution < 1.29 is 14.6 Å². The fourth-order valence-corrected chi connectivity index (χ4v) is 2.78. The van der Waals surface area contributed by atoms with Gasteiger partial charge in [-0.15, -0.1) is 0 Å². The highest BCUT2D eigenvalue weighted by Gasteiger charge is 2.35. The van der Waals surface area contributed by atoms with Crippen molar-refractivity contribution in [2.24, 2.45) is 0 Å². The normalized spacial score (nSPS) is 22.9. The van der Waals surface area contributed by atoms with E-state index in [4.69, 9.17) is 16.3 Å². The minimum Gasteiger partial charge on any atom is -0.465 e. The molecule has 110 valence electrons. The van der Waals surface area contributed by atoms with Crippen molar-refractivity contribution in [3.8, 4) is 0 Å². The molecule has 1 aliphatic rings. The lowest BCUT2D eigenvalue weighted by atomic mass is 10.1. The lowest BCUT2D eigenvalue weighted by Gasteiger charge is -2.28. The Bertz CT molecular complexity index is 452. The molecule has 2 heterocycles. The Morgan fingerprint density at radius 2 is 2.35 bits per heavy atom. The van der Waals surface area contributed by atoms with Gasteiger partial charge in [-0.05, 0) is 31.4 Å². The van der Waals surface area contributed by atoms with E-state index in [1.165, 1.54) is 0 Å². The third-order valence-corrected chi connectivity index (χ3v) is 3.83. The van der Waals surface area contributed by atoms with Gasteiger partial charge in [0.05, 0.1) is 19.8 Å². The van der Waals surface area contributed by atoms with Crippen LogP contribution in [0, 0.1) is 0 Å². The summed E-state index contributed by atoms with van der Waals surface area (Å²) in [5.41, 5.74) is 1.01. The Balaban J connectivity index is 2.13. The van der Waals surface area contributed by atoms with Crippen LogP contribution in [0.25, 0.3) is 0 Å². The van der Waals surface area contributed by atoms with Gasteiger partial charge in [-0.1, -0.05) is 17.7 Å². The lowest BCUT2D eigenvalue weighted by molar-refractivity contribution is -0.145. The smallest absolute Gasteiger partial charge is 0.320 e. The molecule has 0 saturated carbocycles. The first-order chi connectivity index (χ1) is 9.65. The monoisotopic (exact) mass is 298 g/mol. The number of ether oxygens (including phenoxy) is 1. The van der Waals surface area contributed by atoms with E-state index in [0.717, 1.165) is 18.4 Å². The number of aliphatic hydroxyl groups is 1. The topological polar surface area (TPSA) is 62.7 Å². The number of hydrogen-bond donors (Lipinski definition) is 1. The molecule has 0 bridgehead atoms. The average molecular weight is 299 g/mol. The van der Waals surface area contributed by atoms with E-state index >= 15 is 0 Å². The van der Waals surface area contributed by atoms with Crippen LogP contribution in [0.15, 0.2) is 18.3 Å². The molecule has 20 heavy (non-hydrogen) atoms. The number of nitrogens with zero attached hydrogens (tertiary/aromatic N) is 2. The molecule has 0 radical (unpaired) electrons. The van der Waals surface area contributed by atoms with E-state index in [2.05, 4.69) is 4.98 Å². The number of likely N-dealkylation sites (tertiary alicyclic amines) is 1. The number of halogens is 1. The van der Waals surface area contributed by atoms with Crippen molar-refractivity contribution >= 4 is 17.6 Å². The number of hydrogen-bond acceptors (Lipinski definition) is 5. The first kappa shape index (κ1) is 15.2. The van der Waals surface area contributed by atoms with Crippen molar-refractivity contribution in [2.75, 3.05) is 19.8 Å². The molecule has 2 rings (SSSR count). The zero-order valence-corrected chi connectivity index (χ0v) is 12.2. The number of aliphatic hydroxyl groups excluding tert-OH is 1. The summed E-state index contributed by atoms with van der Waals surface area (Å²) in [5.74, 6) is -0.264. The van der Waals surface area contributed by atoms with Crippen LogP contribution < -0.4 is 0 Å². The second-order valence-corrected chi connectivity index (χ2v) is 5.21. The van der Waals surface area contributed by atoms with Crippen LogP contribution in [0.1, 0.15) is 31.4 Å². The molecule has 1 N–H and O–H groups in total. The van der Waals surface area contributed by atoms with Gasteiger partial charge in [-0.25, -0.2) is 4.98 Å². The highest BCUT2D eigenvalue weighted by Crippen LogP contribution is 2.35. The molecular formula is C14H19ClN2O3. The van der Waals surface area contributed by atoms with Gasteiger partial charge < -0.3 is 9.84 Å². The van der Waals surface area contributed by atoms with E-state index in [1.54, 1.807) is 19.2 Å². The third-order valence-electron chi connectivity index (χ3n) is 3.61. The molecular weight excluding hydrogens is 280 g/mol. The Labute approximate surface area is 123 Å². The first-order valence-electron chi connectivity index (χ1n) is 6.79. The first-order valence-corrected chi connectivity index (χ1v) is 7.17. The number of pyridine rings is 1.